The van der Waals surface area contributed by atoms with Crippen LogP contribution in [0.1, 0.15) is 0 Å². The molecule has 4 rings (SSSR count). The fourth-order valence-electron chi connectivity index (χ4n) is 3.04. The molecule has 1 heterocycles. The van der Waals surface area contributed by atoms with Crippen LogP contribution in [-0.4, -0.2) is 11.8 Å². The van der Waals surface area contributed by atoms with E-state index in [9.17, 15) is 0 Å². The molecule has 0 fully saturated rings. The number of aromatic nitrogens is 1. The molecule has 3 aromatic carbocycles. The predicted octanol–water partition coefficient (Wildman–Crippen LogP) is 5.99. The Kier molecular flexibility index (Phi) is 19.5. The van der Waals surface area contributed by atoms with E-state index in [2.05, 4.69) is 140 Å². The van der Waals surface area contributed by atoms with Gasteiger partial charge in [-0.05, 0) is 65.4 Å². The minimum absolute atomic E-state index is 0.607. The van der Waals surface area contributed by atoms with Crippen LogP contribution >= 0.6 is 52.3 Å². The first kappa shape index (κ1) is 32.2. The van der Waals surface area contributed by atoms with Crippen LogP contribution in [0.4, 0.5) is 11.6 Å². The number of rotatable bonds is 7. The van der Waals surface area contributed by atoms with Crippen molar-refractivity contribution in [3.63, 3.8) is 0 Å². The number of pyridine rings is 1. The van der Waals surface area contributed by atoms with Crippen LogP contribution in [0.3, 0.4) is 0 Å². The minimum Gasteiger partial charge on any atom is -0.0620 e. The monoisotopic (exact) mass is 667 g/mol. The molecule has 0 radical (unpaired) electrons. The number of hydrogen-bond acceptors (Lipinski definition) is 4. The quantitative estimate of drug-likeness (QED) is 0.110. The zero-order valence-electron chi connectivity index (χ0n) is 18.7. The molecule has 0 aliphatic heterocycles. The third-order valence-corrected chi connectivity index (χ3v) is 8.74. The fraction of sp³-hybridized carbons (Fsp3) is 0. The molecule has 1 aromatic heterocycles. The van der Waals surface area contributed by atoms with Crippen LogP contribution < -0.4 is 26.1 Å². The number of nitrogens with one attached hydrogen (secondary N) is 2. The second kappa shape index (κ2) is 21.2. The van der Waals surface area contributed by atoms with E-state index >= 15 is 0 Å². The van der Waals surface area contributed by atoms with Crippen LogP contribution in [-0.2, 0) is 22.1 Å². The first-order valence-electron chi connectivity index (χ1n) is 10.1. The van der Waals surface area contributed by atoms with Gasteiger partial charge in [0.1, 0.15) is 27.5 Å². The minimum atomic E-state index is -0.877. The molecule has 186 valence electrons. The third-order valence-electron chi connectivity index (χ3n) is 4.34. The summed E-state index contributed by atoms with van der Waals surface area (Å²) in [6.07, 6.45) is 0. The second-order valence-corrected chi connectivity index (χ2v) is 11.7. The Morgan fingerprint density at radius 3 is 1.23 bits per heavy atom. The van der Waals surface area contributed by atoms with Gasteiger partial charge in [-0.25, -0.2) is 4.98 Å². The molecule has 2 N–H and O–H groups in total. The molecular weight excluding hydrogens is 638 g/mol. The normalized spacial score (nSPS) is 10.0. The van der Waals surface area contributed by atoms with Crippen molar-refractivity contribution in [3.8, 4) is 0 Å². The van der Waals surface area contributed by atoms with E-state index < -0.39 is 7.92 Å². The van der Waals surface area contributed by atoms with Crippen LogP contribution in [0.5, 0.6) is 0 Å². The largest absolute Gasteiger partial charge is 0.102 e. The van der Waals surface area contributed by atoms with Crippen molar-refractivity contribution in [2.24, 2.45) is 0 Å². The van der Waals surface area contributed by atoms with Gasteiger partial charge in [0.05, 0.1) is 7.92 Å². The Morgan fingerprint density at radius 2 is 0.943 bits per heavy atom. The van der Waals surface area contributed by atoms with Crippen LogP contribution in [0, 0.1) is 0 Å². The molecule has 0 saturated heterocycles. The van der Waals surface area contributed by atoms with E-state index in [1.807, 2.05) is 18.2 Å². The summed E-state index contributed by atoms with van der Waals surface area (Å²) in [7, 11) is 10.2. The molecule has 35 heavy (non-hydrogen) atoms. The topological polar surface area (TPSA) is 54.0 Å². The summed E-state index contributed by atoms with van der Waals surface area (Å²) in [4.78, 5) is 12.1. The molecule has 0 amide bonds. The SMILES string of the molecule is PPNc1cccc(NPP)n1.[CH-]=O.[Cl][RuH].c1ccc([PH+](c2ccccc2)c2ccccc2)cc1. The number of benzene rings is 3. The van der Waals surface area contributed by atoms with Gasteiger partial charge in [-0.1, -0.05) is 78.5 Å². The standard InChI is InChI=1S/C18H15P.C5H11N3P4.CHO.ClH.Ru.H/c1-4-10-16(11-5-1)19(17-12-6-2-7-13-17)18-14-8-3-9-15-18;9-11-7-4-2-1-3-5(6-4)8-12-10;1-2;;;/h1-15H;1-3,11-12H,9-10H2,(H2,6,7,8);1H;1H;;/q;;-1;;+1;. The molecule has 4 unspecified atom stereocenters. The van der Waals surface area contributed by atoms with Crippen molar-refractivity contribution in [2.75, 3.05) is 10.2 Å². The van der Waals surface area contributed by atoms with Crippen molar-refractivity contribution in [1.82, 2.24) is 4.98 Å². The summed E-state index contributed by atoms with van der Waals surface area (Å²) in [5.41, 5.74) is 0. The van der Waals surface area contributed by atoms with Crippen molar-refractivity contribution in [3.05, 3.63) is 109 Å². The third kappa shape index (κ3) is 12.3. The van der Waals surface area contributed by atoms with Gasteiger partial charge < -0.3 is 15.0 Å². The summed E-state index contributed by atoms with van der Waals surface area (Å²) in [6.45, 7) is 3.25. The maximum absolute atomic E-state index is 7.75. The zero-order chi connectivity index (χ0) is 25.7. The van der Waals surface area contributed by atoms with E-state index in [4.69, 9.17) is 4.79 Å². The van der Waals surface area contributed by atoms with Gasteiger partial charge in [0.2, 0.25) is 0 Å². The molecule has 0 spiro atoms. The van der Waals surface area contributed by atoms with Gasteiger partial charge in [-0.15, -0.1) is 0 Å². The first-order chi connectivity index (χ1) is 17.3. The molecule has 4 aromatic rings. The number of anilines is 2. The maximum atomic E-state index is 7.75. The molecular formula is C24H29ClN3OP5Ru. The summed E-state index contributed by atoms with van der Waals surface area (Å²) < 4.78 is 0. The van der Waals surface area contributed by atoms with Gasteiger partial charge in [0.15, 0.2) is 0 Å². The number of halogens is 1. The molecule has 0 bridgehead atoms. The fourth-order valence-corrected chi connectivity index (χ4v) is 7.08. The van der Waals surface area contributed by atoms with Gasteiger partial charge in [-0.2, -0.15) is 0 Å². The molecule has 0 aliphatic carbocycles. The first-order valence-corrected chi connectivity index (χ1v) is 19.6. The summed E-state index contributed by atoms with van der Waals surface area (Å²) in [5, 5.41) is 10.6. The van der Waals surface area contributed by atoms with Gasteiger partial charge in [-0.3, -0.25) is 6.79 Å². The average Bonchev–Trinajstić information content (AvgIpc) is 2.94. The summed E-state index contributed by atoms with van der Waals surface area (Å²) in [6, 6.07) is 38.4. The number of nitrogens with zero attached hydrogens (tertiary/aromatic N) is 1. The predicted molar refractivity (Wildman–Crippen MR) is 168 cm³/mol. The van der Waals surface area contributed by atoms with Crippen LogP contribution in [0.15, 0.2) is 109 Å². The van der Waals surface area contributed by atoms with Crippen molar-refractivity contribution >= 4 is 86.6 Å². The van der Waals surface area contributed by atoms with E-state index in [0.717, 1.165) is 11.6 Å². The average molecular weight is 667 g/mol. The molecule has 4 nitrogen and oxygen atoms in total. The Labute approximate surface area is 232 Å². The number of hydrogen-bond donors (Lipinski definition) is 2. The van der Waals surface area contributed by atoms with E-state index in [-0.39, 0.29) is 0 Å². The summed E-state index contributed by atoms with van der Waals surface area (Å²) >= 11 is 1.62. The van der Waals surface area contributed by atoms with Gasteiger partial charge in [0, 0.05) is 0 Å². The Bertz CT molecular complexity index is 941. The Morgan fingerprint density at radius 1 is 0.629 bits per heavy atom. The summed E-state index contributed by atoms with van der Waals surface area (Å²) in [5.74, 6) is 1.83. The van der Waals surface area contributed by atoms with E-state index in [1.165, 1.54) is 15.9 Å². The van der Waals surface area contributed by atoms with Crippen molar-refractivity contribution < 1.29 is 22.1 Å². The number of carbonyl (C=O) groups excluding carboxylic acids is 1. The molecule has 11 heteroatoms. The Hall–Kier alpha value is -0.857. The molecule has 4 atom stereocenters. The molecule has 0 saturated carbocycles. The smallest absolute Gasteiger partial charge is 0.0620 e. The van der Waals surface area contributed by atoms with E-state index in [1.54, 1.807) is 17.3 Å². The van der Waals surface area contributed by atoms with Gasteiger partial charge >= 0.3 is 27.0 Å². The maximum Gasteiger partial charge on any atom is 0.102 e. The Balaban J connectivity index is 0.000000332. The van der Waals surface area contributed by atoms with Gasteiger partial charge in [0.25, 0.3) is 0 Å². The van der Waals surface area contributed by atoms with Crippen LogP contribution in [0.25, 0.3) is 0 Å². The molecule has 0 aliphatic rings. The zero-order valence-corrected chi connectivity index (χ0v) is 26.7. The second-order valence-electron chi connectivity index (χ2n) is 6.42. The van der Waals surface area contributed by atoms with Crippen molar-refractivity contribution in [2.45, 2.75) is 0 Å². The van der Waals surface area contributed by atoms with Crippen LogP contribution in [0.2, 0.25) is 0 Å². The van der Waals surface area contributed by atoms with E-state index in [0.29, 0.717) is 16.8 Å². The van der Waals surface area contributed by atoms with Crippen molar-refractivity contribution in [1.29, 1.82) is 0 Å².